The van der Waals surface area contributed by atoms with Crippen molar-refractivity contribution in [1.82, 2.24) is 25.1 Å². The largest absolute Gasteiger partial charge is 0.416 e. The molecule has 0 saturated carbocycles. The summed E-state index contributed by atoms with van der Waals surface area (Å²) in [5.41, 5.74) is -1.82. The maximum Gasteiger partial charge on any atom is 0.416 e. The van der Waals surface area contributed by atoms with E-state index in [0.29, 0.717) is 31.6 Å². The molecule has 1 N–H and O–H groups in total. The first-order valence-corrected chi connectivity index (χ1v) is 14.6. The Morgan fingerprint density at radius 1 is 0.844 bits per heavy atom. The lowest BCUT2D eigenvalue weighted by Gasteiger charge is -2.50. The minimum atomic E-state index is -4.96. The third-order valence-corrected chi connectivity index (χ3v) is 8.94. The van der Waals surface area contributed by atoms with Crippen LogP contribution in [0.5, 0.6) is 0 Å². The van der Waals surface area contributed by atoms with Gasteiger partial charge in [-0.1, -0.05) is 60.7 Å². The van der Waals surface area contributed by atoms with E-state index in [1.165, 1.54) is 0 Å². The second-order valence-corrected chi connectivity index (χ2v) is 11.6. The van der Waals surface area contributed by atoms with Gasteiger partial charge in [-0.25, -0.2) is 4.68 Å². The topological polar surface area (TPSA) is 76.3 Å². The zero-order valence-corrected chi connectivity index (χ0v) is 24.0. The fourth-order valence-electron chi connectivity index (χ4n) is 7.09. The first kappa shape index (κ1) is 31.2. The monoisotopic (exact) mass is 631 g/mol. The Hall–Kier alpha value is -3.81. The average molecular weight is 632 g/mol. The highest BCUT2D eigenvalue weighted by Crippen LogP contribution is 2.57. The highest BCUT2D eigenvalue weighted by atomic mass is 19.4. The molecule has 238 valence electrons. The number of aromatic nitrogens is 4. The Balaban J connectivity index is 1.42. The Kier molecular flexibility index (Phi) is 8.44. The molecule has 0 aliphatic carbocycles. The van der Waals surface area contributed by atoms with Crippen molar-refractivity contribution in [2.75, 3.05) is 6.61 Å². The molecule has 6 rings (SSSR count). The molecule has 2 fully saturated rings. The molecule has 45 heavy (non-hydrogen) atoms. The van der Waals surface area contributed by atoms with Gasteiger partial charge in [-0.3, -0.25) is 4.90 Å². The van der Waals surface area contributed by atoms with Gasteiger partial charge in [0.2, 0.25) is 0 Å². The number of nitrogens with zero attached hydrogens (tertiary/aromatic N) is 5. The van der Waals surface area contributed by atoms with Gasteiger partial charge in [-0.05, 0) is 64.6 Å². The number of hydrogen-bond donors (Lipinski definition) is 1. The molecule has 1 aromatic heterocycles. The normalized spacial score (nSPS) is 23.8. The van der Waals surface area contributed by atoms with Crippen molar-refractivity contribution < 1.29 is 36.2 Å². The fraction of sp³-hybridized carbons (Fsp3) is 0.406. The van der Waals surface area contributed by atoms with Crippen molar-refractivity contribution >= 4 is 0 Å². The fourth-order valence-corrected chi connectivity index (χ4v) is 7.09. The quantitative estimate of drug-likeness (QED) is 0.218. The van der Waals surface area contributed by atoms with Crippen LogP contribution in [0, 0.1) is 0 Å². The van der Waals surface area contributed by atoms with Gasteiger partial charge in [0.15, 0.2) is 5.82 Å². The number of hydrogen-bond acceptors (Lipinski definition) is 6. The van der Waals surface area contributed by atoms with Gasteiger partial charge in [0.1, 0.15) is 0 Å². The number of benzene rings is 3. The van der Waals surface area contributed by atoms with Gasteiger partial charge in [-0.15, -0.1) is 5.10 Å². The van der Waals surface area contributed by atoms with Crippen LogP contribution in [-0.2, 0) is 42.3 Å². The maximum atomic E-state index is 13.6. The lowest BCUT2D eigenvalue weighted by Crippen LogP contribution is -2.56. The summed E-state index contributed by atoms with van der Waals surface area (Å²) in [4.78, 5) is 2.34. The molecular weight excluding hydrogens is 600 g/mol. The molecule has 13 heteroatoms. The Morgan fingerprint density at radius 2 is 1.49 bits per heavy atom. The SMILES string of the molecule is OCCn1nnnc1C1CC2(c3ccccc3)C(OCc3cc(C(F)(F)F)cc(C(F)(F)F)c3)CCC1N2Cc1ccccc1. The lowest BCUT2D eigenvalue weighted by molar-refractivity contribution is -0.143. The van der Waals surface area contributed by atoms with Crippen LogP contribution in [0.1, 0.15) is 58.8 Å². The van der Waals surface area contributed by atoms with Crippen LogP contribution < -0.4 is 0 Å². The summed E-state index contributed by atoms with van der Waals surface area (Å²) < 4.78 is 89.7. The van der Waals surface area contributed by atoms with Crippen molar-refractivity contribution in [1.29, 1.82) is 0 Å². The van der Waals surface area contributed by atoms with E-state index in [-0.39, 0.29) is 36.7 Å². The van der Waals surface area contributed by atoms with E-state index in [2.05, 4.69) is 20.4 Å². The Bertz CT molecular complexity index is 1560. The van der Waals surface area contributed by atoms with Crippen LogP contribution in [0.15, 0.2) is 78.9 Å². The lowest BCUT2D eigenvalue weighted by atomic mass is 9.78. The van der Waals surface area contributed by atoms with E-state index in [1.807, 2.05) is 60.7 Å². The highest BCUT2D eigenvalue weighted by Gasteiger charge is 2.61. The summed E-state index contributed by atoms with van der Waals surface area (Å²) >= 11 is 0. The minimum Gasteiger partial charge on any atom is -0.394 e. The van der Waals surface area contributed by atoms with Crippen molar-refractivity contribution in [2.24, 2.45) is 0 Å². The van der Waals surface area contributed by atoms with Gasteiger partial charge < -0.3 is 9.84 Å². The van der Waals surface area contributed by atoms with E-state index < -0.39 is 41.7 Å². The number of halogens is 6. The number of aliphatic hydroxyl groups is 1. The van der Waals surface area contributed by atoms with Crippen LogP contribution in [0.4, 0.5) is 26.3 Å². The van der Waals surface area contributed by atoms with E-state index in [0.717, 1.165) is 23.3 Å². The first-order chi connectivity index (χ1) is 21.5. The van der Waals surface area contributed by atoms with Crippen LogP contribution in [0.3, 0.4) is 0 Å². The highest BCUT2D eigenvalue weighted by molar-refractivity contribution is 5.36. The number of tetrazole rings is 1. The van der Waals surface area contributed by atoms with Gasteiger partial charge >= 0.3 is 12.4 Å². The molecule has 0 amide bonds. The standard InChI is InChI=1S/C32H31F6N5O2/c33-31(34,35)24-15-22(16-25(17-24)32(36,37)38)20-45-28-12-11-27-26(29-39-40-41-43(29)13-14-44)18-30(28,23-9-5-2-6-10-23)42(27)19-21-7-3-1-4-8-21/h1-10,15-17,26-28,44H,11-14,18-20H2. The predicted octanol–water partition coefficient (Wildman–Crippen LogP) is 6.34. The number of fused-ring (bicyclic) bond motifs is 2. The maximum absolute atomic E-state index is 13.6. The van der Waals surface area contributed by atoms with Crippen LogP contribution >= 0.6 is 0 Å². The number of piperidine rings is 1. The second-order valence-electron chi connectivity index (χ2n) is 11.6. The van der Waals surface area contributed by atoms with Crippen LogP contribution in [0.2, 0.25) is 0 Å². The van der Waals surface area contributed by atoms with Crippen LogP contribution in [0.25, 0.3) is 0 Å². The third-order valence-electron chi connectivity index (χ3n) is 8.94. The molecule has 3 heterocycles. The molecule has 3 aromatic carbocycles. The molecular formula is C32H31F6N5O2. The molecule has 2 saturated heterocycles. The zero-order chi connectivity index (χ0) is 31.8. The van der Waals surface area contributed by atoms with Gasteiger partial charge in [0.05, 0.1) is 42.5 Å². The summed E-state index contributed by atoms with van der Waals surface area (Å²) in [6, 6.07) is 21.0. The van der Waals surface area contributed by atoms with E-state index in [1.54, 1.807) is 4.68 Å². The zero-order valence-electron chi connectivity index (χ0n) is 24.0. The molecule has 4 atom stereocenters. The minimum absolute atomic E-state index is 0.0564. The van der Waals surface area contributed by atoms with Gasteiger partial charge in [0, 0.05) is 18.5 Å². The summed E-state index contributed by atoms with van der Waals surface area (Å²) in [5, 5.41) is 21.9. The predicted molar refractivity (Wildman–Crippen MR) is 150 cm³/mol. The van der Waals surface area contributed by atoms with Crippen molar-refractivity contribution in [2.45, 2.75) is 74.9 Å². The summed E-state index contributed by atoms with van der Waals surface area (Å²) in [6.45, 7) is 0.123. The molecule has 2 aliphatic rings. The second kappa shape index (κ2) is 12.2. The van der Waals surface area contributed by atoms with E-state index in [9.17, 15) is 31.4 Å². The molecule has 4 aromatic rings. The summed E-state index contributed by atoms with van der Waals surface area (Å²) in [5.74, 6) is 0.424. The number of rotatable bonds is 9. The van der Waals surface area contributed by atoms with E-state index in [4.69, 9.17) is 4.74 Å². The molecule has 2 aliphatic heterocycles. The number of alkyl halides is 6. The average Bonchev–Trinajstić information content (AvgIpc) is 3.55. The van der Waals surface area contributed by atoms with Gasteiger partial charge in [-0.2, -0.15) is 26.3 Å². The molecule has 4 unspecified atom stereocenters. The first-order valence-electron chi connectivity index (χ1n) is 14.6. The van der Waals surface area contributed by atoms with Crippen molar-refractivity contribution in [3.8, 4) is 0 Å². The summed E-state index contributed by atoms with van der Waals surface area (Å²) in [6.07, 6.45) is -8.88. The van der Waals surface area contributed by atoms with E-state index >= 15 is 0 Å². The number of ether oxygens (including phenoxy) is 1. The van der Waals surface area contributed by atoms with Crippen molar-refractivity contribution in [3.05, 3.63) is 113 Å². The van der Waals surface area contributed by atoms with Crippen molar-refractivity contribution in [3.63, 3.8) is 0 Å². The molecule has 0 radical (unpaired) electrons. The number of aliphatic hydroxyl groups excluding tert-OH is 1. The Labute approximate surface area is 255 Å². The smallest absolute Gasteiger partial charge is 0.394 e. The van der Waals surface area contributed by atoms with Crippen LogP contribution in [-0.4, -0.2) is 49.0 Å². The molecule has 0 spiro atoms. The Morgan fingerprint density at radius 3 is 2.11 bits per heavy atom. The third kappa shape index (κ3) is 6.08. The molecule has 7 nitrogen and oxygen atoms in total. The van der Waals surface area contributed by atoms with Gasteiger partial charge in [0.25, 0.3) is 0 Å². The molecule has 2 bridgehead atoms. The summed E-state index contributed by atoms with van der Waals surface area (Å²) in [7, 11) is 0.